The zero-order valence-corrected chi connectivity index (χ0v) is 15.2. The third-order valence-corrected chi connectivity index (χ3v) is 6.58. The maximum atomic E-state index is 11.4. The quantitative estimate of drug-likeness (QED) is 0.781. The fourth-order valence-electron chi connectivity index (χ4n) is 3.50. The van der Waals surface area contributed by atoms with Crippen molar-refractivity contribution in [3.05, 3.63) is 0 Å². The summed E-state index contributed by atoms with van der Waals surface area (Å²) in [5.74, 6) is 1.44. The van der Waals surface area contributed by atoms with Crippen molar-refractivity contribution in [3.8, 4) is 0 Å². The number of nitrogens with zero attached hydrogens (tertiary/aromatic N) is 1. The summed E-state index contributed by atoms with van der Waals surface area (Å²) in [6, 6.07) is 0.418. The van der Waals surface area contributed by atoms with Gasteiger partial charge in [0.05, 0.1) is 5.75 Å². The third-order valence-electron chi connectivity index (χ3n) is 5.66. The molecule has 2 N–H and O–H groups in total. The van der Waals surface area contributed by atoms with Crippen molar-refractivity contribution in [1.29, 1.82) is 0 Å². The maximum Gasteiger partial charge on any atom is 0.148 e. The van der Waals surface area contributed by atoms with Crippen molar-refractivity contribution in [2.45, 2.75) is 52.5 Å². The summed E-state index contributed by atoms with van der Waals surface area (Å²) in [6.45, 7) is 8.28. The highest BCUT2D eigenvalue weighted by Gasteiger charge is 2.38. The lowest BCUT2D eigenvalue weighted by Crippen LogP contribution is -2.48. The van der Waals surface area contributed by atoms with E-state index < -0.39 is 9.84 Å². The van der Waals surface area contributed by atoms with Gasteiger partial charge in [-0.15, -0.1) is 0 Å². The lowest BCUT2D eigenvalue weighted by atomic mass is 9.65. The molecule has 3 atom stereocenters. The van der Waals surface area contributed by atoms with Crippen molar-refractivity contribution in [2.24, 2.45) is 23.0 Å². The van der Waals surface area contributed by atoms with Crippen LogP contribution in [0, 0.1) is 17.3 Å². The molecule has 1 aliphatic rings. The Morgan fingerprint density at radius 1 is 1.29 bits per heavy atom. The molecule has 0 bridgehead atoms. The van der Waals surface area contributed by atoms with Crippen LogP contribution in [0.15, 0.2) is 0 Å². The molecular formula is C16H34N2O2S. The van der Waals surface area contributed by atoms with Crippen LogP contribution in [-0.2, 0) is 9.84 Å². The highest BCUT2D eigenvalue weighted by molar-refractivity contribution is 7.90. The van der Waals surface area contributed by atoms with Gasteiger partial charge in [-0.05, 0) is 50.1 Å². The summed E-state index contributed by atoms with van der Waals surface area (Å²) in [6.07, 6.45) is 6.05. The van der Waals surface area contributed by atoms with Crippen LogP contribution in [-0.4, -0.2) is 51.5 Å². The van der Waals surface area contributed by atoms with Gasteiger partial charge in [0.1, 0.15) is 9.84 Å². The number of hydrogen-bond acceptors (Lipinski definition) is 4. The normalized spacial score (nSPS) is 28.0. The standard InChI is InChI=1S/C16H34N2O2S/c1-6-16(2,3)14-8-7-13(12-17)15(11-14)18(4)9-10-21(5,19)20/h13-15H,6-12,17H2,1-5H3. The summed E-state index contributed by atoms with van der Waals surface area (Å²) in [5.41, 5.74) is 6.31. The topological polar surface area (TPSA) is 63.4 Å². The molecule has 3 unspecified atom stereocenters. The molecule has 1 saturated carbocycles. The largest absolute Gasteiger partial charge is 0.330 e. The van der Waals surface area contributed by atoms with E-state index in [-0.39, 0.29) is 5.75 Å². The first kappa shape index (κ1) is 18.9. The molecule has 5 heteroatoms. The van der Waals surface area contributed by atoms with E-state index in [0.717, 1.165) is 6.42 Å². The van der Waals surface area contributed by atoms with Gasteiger partial charge >= 0.3 is 0 Å². The molecule has 1 aliphatic carbocycles. The SMILES string of the molecule is CCC(C)(C)C1CCC(CN)C(N(C)CCS(C)(=O)=O)C1. The molecule has 0 saturated heterocycles. The Morgan fingerprint density at radius 2 is 1.90 bits per heavy atom. The minimum absolute atomic E-state index is 0.235. The number of rotatable bonds is 7. The Morgan fingerprint density at radius 3 is 2.38 bits per heavy atom. The van der Waals surface area contributed by atoms with Gasteiger partial charge in [-0.3, -0.25) is 0 Å². The second-order valence-corrected chi connectivity index (χ2v) is 9.79. The number of hydrogen-bond donors (Lipinski definition) is 1. The molecule has 0 aromatic rings. The van der Waals surface area contributed by atoms with Crippen LogP contribution in [0.2, 0.25) is 0 Å². The molecule has 0 aliphatic heterocycles. The Hall–Kier alpha value is -0.130. The van der Waals surface area contributed by atoms with Crippen LogP contribution in [0.25, 0.3) is 0 Å². The fraction of sp³-hybridized carbons (Fsp3) is 1.00. The monoisotopic (exact) mass is 318 g/mol. The van der Waals surface area contributed by atoms with Gasteiger partial charge in [-0.2, -0.15) is 0 Å². The molecule has 0 radical (unpaired) electrons. The van der Waals surface area contributed by atoms with E-state index in [1.807, 2.05) is 0 Å². The first-order valence-electron chi connectivity index (χ1n) is 8.18. The lowest BCUT2D eigenvalue weighted by Gasteiger charge is -2.46. The molecule has 1 fully saturated rings. The third kappa shape index (κ3) is 5.53. The van der Waals surface area contributed by atoms with Crippen molar-refractivity contribution in [3.63, 3.8) is 0 Å². The summed E-state index contributed by atoms with van der Waals surface area (Å²) in [5, 5.41) is 0. The van der Waals surface area contributed by atoms with Crippen LogP contribution in [0.1, 0.15) is 46.5 Å². The first-order chi connectivity index (χ1) is 9.60. The molecule has 0 aromatic carbocycles. The van der Waals surface area contributed by atoms with E-state index in [1.54, 1.807) is 0 Å². The summed E-state index contributed by atoms with van der Waals surface area (Å²) in [7, 11) is -0.846. The fourth-order valence-corrected chi connectivity index (χ4v) is 4.12. The van der Waals surface area contributed by atoms with Gasteiger partial charge < -0.3 is 10.6 Å². The molecule has 0 amide bonds. The Kier molecular flexibility index (Phi) is 6.69. The Bertz CT molecular complexity index is 420. The maximum absolute atomic E-state index is 11.4. The first-order valence-corrected chi connectivity index (χ1v) is 10.2. The predicted octanol–water partition coefficient (Wildman–Crippen LogP) is 2.14. The predicted molar refractivity (Wildman–Crippen MR) is 90.1 cm³/mol. The summed E-state index contributed by atoms with van der Waals surface area (Å²) >= 11 is 0. The molecule has 21 heavy (non-hydrogen) atoms. The van der Waals surface area contributed by atoms with Crippen LogP contribution in [0.3, 0.4) is 0 Å². The van der Waals surface area contributed by atoms with Gasteiger partial charge in [0, 0.05) is 18.8 Å². The molecule has 1 rings (SSSR count). The molecule has 0 heterocycles. The van der Waals surface area contributed by atoms with Crippen LogP contribution in [0.5, 0.6) is 0 Å². The average molecular weight is 319 g/mol. The average Bonchev–Trinajstić information content (AvgIpc) is 2.43. The second kappa shape index (κ2) is 7.42. The zero-order valence-electron chi connectivity index (χ0n) is 14.4. The van der Waals surface area contributed by atoms with Gasteiger partial charge in [-0.1, -0.05) is 27.2 Å². The number of sulfone groups is 1. The van der Waals surface area contributed by atoms with E-state index >= 15 is 0 Å². The number of nitrogens with two attached hydrogens (primary N) is 1. The zero-order chi connectivity index (χ0) is 16.3. The van der Waals surface area contributed by atoms with Crippen LogP contribution >= 0.6 is 0 Å². The van der Waals surface area contributed by atoms with Crippen LogP contribution in [0.4, 0.5) is 0 Å². The van der Waals surface area contributed by atoms with Crippen molar-refractivity contribution < 1.29 is 8.42 Å². The Labute approximate surface area is 131 Å². The molecule has 0 spiro atoms. The summed E-state index contributed by atoms with van der Waals surface area (Å²) in [4.78, 5) is 2.23. The van der Waals surface area contributed by atoms with E-state index in [1.165, 1.54) is 25.5 Å². The molecular weight excluding hydrogens is 284 g/mol. The van der Waals surface area contributed by atoms with Crippen molar-refractivity contribution in [1.82, 2.24) is 4.90 Å². The molecule has 126 valence electrons. The van der Waals surface area contributed by atoms with Gasteiger partial charge in [0.15, 0.2) is 0 Å². The van der Waals surface area contributed by atoms with Crippen molar-refractivity contribution in [2.75, 3.05) is 32.1 Å². The highest BCUT2D eigenvalue weighted by atomic mass is 32.2. The second-order valence-electron chi connectivity index (χ2n) is 7.53. The molecule has 0 aromatic heterocycles. The van der Waals surface area contributed by atoms with E-state index in [9.17, 15) is 8.42 Å². The van der Waals surface area contributed by atoms with Gasteiger partial charge in [0.2, 0.25) is 0 Å². The summed E-state index contributed by atoms with van der Waals surface area (Å²) < 4.78 is 22.8. The van der Waals surface area contributed by atoms with Gasteiger partial charge in [-0.25, -0.2) is 8.42 Å². The van der Waals surface area contributed by atoms with E-state index in [4.69, 9.17) is 5.73 Å². The minimum Gasteiger partial charge on any atom is -0.330 e. The minimum atomic E-state index is -2.90. The van der Waals surface area contributed by atoms with E-state index in [0.29, 0.717) is 36.4 Å². The van der Waals surface area contributed by atoms with Gasteiger partial charge in [0.25, 0.3) is 0 Å². The smallest absolute Gasteiger partial charge is 0.148 e. The Balaban J connectivity index is 2.74. The molecule has 4 nitrogen and oxygen atoms in total. The van der Waals surface area contributed by atoms with Crippen LogP contribution < -0.4 is 5.73 Å². The highest BCUT2D eigenvalue weighted by Crippen LogP contribution is 2.43. The van der Waals surface area contributed by atoms with Crippen molar-refractivity contribution >= 4 is 9.84 Å². The van der Waals surface area contributed by atoms with E-state index in [2.05, 4.69) is 32.7 Å². The lowest BCUT2D eigenvalue weighted by molar-refractivity contribution is 0.0528.